The van der Waals surface area contributed by atoms with Gasteiger partial charge in [0.2, 0.25) is 0 Å². The van der Waals surface area contributed by atoms with E-state index >= 15 is 0 Å². The first-order valence-corrected chi connectivity index (χ1v) is 11.0. The van der Waals surface area contributed by atoms with Crippen molar-refractivity contribution in [3.05, 3.63) is 71.8 Å². The molecule has 1 heterocycles. The average molecular weight is 474 g/mol. The molecule has 1 aliphatic rings. The predicted molar refractivity (Wildman–Crippen MR) is 123 cm³/mol. The minimum atomic E-state index is -0.939. The minimum absolute atomic E-state index is 0.202. The van der Waals surface area contributed by atoms with Crippen LogP contribution in [-0.2, 0) is 23.7 Å². The van der Waals surface area contributed by atoms with Gasteiger partial charge in [0, 0.05) is 26.9 Å². The first kappa shape index (κ1) is 25.8. The van der Waals surface area contributed by atoms with E-state index in [0.29, 0.717) is 11.1 Å². The molecule has 3 rings (SSSR count). The Labute approximate surface area is 198 Å². The van der Waals surface area contributed by atoms with Crippen molar-refractivity contribution in [2.45, 2.75) is 36.6 Å². The molecule has 0 aromatic heterocycles. The summed E-state index contributed by atoms with van der Waals surface area (Å²) >= 11 is 0. The van der Waals surface area contributed by atoms with E-state index in [1.54, 1.807) is 60.7 Å². The van der Waals surface area contributed by atoms with E-state index in [9.17, 15) is 14.7 Å². The quantitative estimate of drug-likeness (QED) is 0.472. The van der Waals surface area contributed by atoms with Crippen LogP contribution in [0.2, 0.25) is 0 Å². The molecular weight excluding hydrogens is 442 g/mol. The summed E-state index contributed by atoms with van der Waals surface area (Å²) in [4.78, 5) is 25.7. The molecule has 1 amide bonds. The van der Waals surface area contributed by atoms with Crippen molar-refractivity contribution in [1.82, 2.24) is 5.32 Å². The van der Waals surface area contributed by atoms with Crippen LogP contribution in [-0.4, -0.2) is 88.1 Å². The number of benzene rings is 2. The van der Waals surface area contributed by atoms with Gasteiger partial charge in [-0.05, 0) is 24.3 Å². The van der Waals surface area contributed by atoms with E-state index in [-0.39, 0.29) is 6.61 Å². The van der Waals surface area contributed by atoms with Gasteiger partial charge in [0.25, 0.3) is 5.91 Å². The maximum Gasteiger partial charge on any atom is 0.338 e. The van der Waals surface area contributed by atoms with Gasteiger partial charge < -0.3 is 34.1 Å². The van der Waals surface area contributed by atoms with Crippen LogP contribution in [0.3, 0.4) is 0 Å². The predicted octanol–water partition coefficient (Wildman–Crippen LogP) is 1.45. The van der Waals surface area contributed by atoms with Crippen molar-refractivity contribution in [1.29, 1.82) is 0 Å². The second kappa shape index (κ2) is 12.6. The lowest BCUT2D eigenvalue weighted by Gasteiger charge is -2.28. The van der Waals surface area contributed by atoms with E-state index < -0.39 is 55.0 Å². The molecule has 9 nitrogen and oxygen atoms in total. The van der Waals surface area contributed by atoms with E-state index in [4.69, 9.17) is 23.7 Å². The lowest BCUT2D eigenvalue weighted by molar-refractivity contribution is -0.113. The van der Waals surface area contributed by atoms with E-state index in [0.717, 1.165) is 0 Å². The van der Waals surface area contributed by atoms with Crippen molar-refractivity contribution in [2.75, 3.05) is 34.5 Å². The van der Waals surface area contributed by atoms with Crippen molar-refractivity contribution >= 4 is 11.9 Å². The van der Waals surface area contributed by atoms with Gasteiger partial charge in [-0.2, -0.15) is 0 Å². The summed E-state index contributed by atoms with van der Waals surface area (Å²) in [6.07, 6.45) is -3.81. The van der Waals surface area contributed by atoms with Crippen molar-refractivity contribution in [3.8, 4) is 0 Å². The lowest BCUT2D eigenvalue weighted by atomic mass is 9.99. The fourth-order valence-electron chi connectivity index (χ4n) is 4.04. The van der Waals surface area contributed by atoms with Crippen LogP contribution in [0.25, 0.3) is 0 Å². The molecule has 0 radical (unpaired) electrons. The van der Waals surface area contributed by atoms with Crippen LogP contribution in [0.5, 0.6) is 0 Å². The number of hydrogen-bond donors (Lipinski definition) is 2. The van der Waals surface area contributed by atoms with Gasteiger partial charge >= 0.3 is 5.97 Å². The van der Waals surface area contributed by atoms with Gasteiger partial charge in [-0.1, -0.05) is 36.4 Å². The van der Waals surface area contributed by atoms with Gasteiger partial charge in [0.05, 0.1) is 24.8 Å². The lowest BCUT2D eigenvalue weighted by Crippen LogP contribution is -2.52. The van der Waals surface area contributed by atoms with Gasteiger partial charge in [-0.3, -0.25) is 4.79 Å². The summed E-state index contributed by atoms with van der Waals surface area (Å²) in [5, 5.41) is 13.0. The number of esters is 1. The van der Waals surface area contributed by atoms with Gasteiger partial charge in [0.15, 0.2) is 6.10 Å². The molecule has 6 atom stereocenters. The van der Waals surface area contributed by atoms with E-state index in [2.05, 4.69) is 5.32 Å². The molecule has 1 aliphatic heterocycles. The molecule has 2 N–H and O–H groups in total. The summed E-state index contributed by atoms with van der Waals surface area (Å²) in [5.41, 5.74) is 0.777. The number of aliphatic hydroxyl groups excluding tert-OH is 1. The van der Waals surface area contributed by atoms with Crippen LogP contribution < -0.4 is 5.32 Å². The Morgan fingerprint density at radius 1 is 0.941 bits per heavy atom. The van der Waals surface area contributed by atoms with Gasteiger partial charge in [-0.25, -0.2) is 4.79 Å². The number of ether oxygens (including phenoxy) is 5. The molecule has 0 aliphatic carbocycles. The fraction of sp³-hybridized carbons (Fsp3) is 0.440. The van der Waals surface area contributed by atoms with Crippen molar-refractivity contribution < 1.29 is 38.4 Å². The summed E-state index contributed by atoms with van der Waals surface area (Å²) in [6, 6.07) is 16.2. The molecule has 1 fully saturated rings. The normalized spacial score (nSPS) is 23.8. The smallest absolute Gasteiger partial charge is 0.338 e. The van der Waals surface area contributed by atoms with Crippen molar-refractivity contribution in [3.63, 3.8) is 0 Å². The Morgan fingerprint density at radius 2 is 1.56 bits per heavy atom. The van der Waals surface area contributed by atoms with Crippen LogP contribution in [0.1, 0.15) is 20.7 Å². The number of carbonyl (C=O) groups excluding carboxylic acids is 2. The topological polar surface area (TPSA) is 113 Å². The van der Waals surface area contributed by atoms with Crippen LogP contribution >= 0.6 is 0 Å². The molecule has 9 heteroatoms. The average Bonchev–Trinajstić information content (AvgIpc) is 3.24. The molecule has 2 aromatic rings. The monoisotopic (exact) mass is 473 g/mol. The third-order valence-electron chi connectivity index (χ3n) is 5.76. The van der Waals surface area contributed by atoms with Crippen molar-refractivity contribution in [2.24, 2.45) is 0 Å². The highest BCUT2D eigenvalue weighted by atomic mass is 16.6. The van der Waals surface area contributed by atoms with Crippen LogP contribution in [0.15, 0.2) is 60.7 Å². The Balaban J connectivity index is 1.89. The first-order valence-electron chi connectivity index (χ1n) is 11.0. The molecule has 184 valence electrons. The zero-order chi connectivity index (χ0) is 24.5. The molecule has 2 aromatic carbocycles. The molecule has 0 unspecified atom stereocenters. The summed E-state index contributed by atoms with van der Waals surface area (Å²) in [7, 11) is 4.52. The number of rotatable bonds is 11. The van der Waals surface area contributed by atoms with E-state index in [1.807, 2.05) is 0 Å². The standard InChI is InChI=1S/C25H31NO8/c1-30-15-19(31-2)21-22(32-3)23(34-25(29)17-12-8-5-9-13-17)20(33-21)18(14-27)26-24(28)16-10-6-4-7-11-16/h4-13,18-23,27H,14-15H2,1-3H3,(H,26,28)/t18-,19-,20+,21+,22-,23-/m0/s1. The third-order valence-corrected chi connectivity index (χ3v) is 5.76. The zero-order valence-electron chi connectivity index (χ0n) is 19.5. The Kier molecular flexibility index (Phi) is 9.55. The number of nitrogens with one attached hydrogen (secondary N) is 1. The number of aliphatic hydroxyl groups is 1. The summed E-state index contributed by atoms with van der Waals surface area (Å²) < 4.78 is 28.5. The zero-order valence-corrected chi connectivity index (χ0v) is 19.5. The highest BCUT2D eigenvalue weighted by molar-refractivity contribution is 5.94. The third kappa shape index (κ3) is 5.99. The highest BCUT2D eigenvalue weighted by Gasteiger charge is 2.53. The highest BCUT2D eigenvalue weighted by Crippen LogP contribution is 2.32. The number of carbonyl (C=O) groups is 2. The van der Waals surface area contributed by atoms with Crippen LogP contribution in [0, 0.1) is 0 Å². The Morgan fingerprint density at radius 3 is 2.09 bits per heavy atom. The fourth-order valence-corrected chi connectivity index (χ4v) is 4.04. The molecule has 0 saturated carbocycles. The molecule has 0 spiro atoms. The van der Waals surface area contributed by atoms with Gasteiger partial charge in [-0.15, -0.1) is 0 Å². The SMILES string of the molecule is COC[C@H](OC)[C@H]1O[C@H]([C@H](CO)NC(=O)c2ccccc2)[C@H](OC(=O)c2ccccc2)[C@H]1OC. The maximum absolute atomic E-state index is 12.9. The largest absolute Gasteiger partial charge is 0.453 e. The summed E-state index contributed by atoms with van der Waals surface area (Å²) in [5.74, 6) is -0.970. The first-order chi connectivity index (χ1) is 16.5. The molecule has 1 saturated heterocycles. The summed E-state index contributed by atoms with van der Waals surface area (Å²) in [6.45, 7) is -0.249. The Hall–Kier alpha value is -2.82. The van der Waals surface area contributed by atoms with E-state index in [1.165, 1.54) is 21.3 Å². The van der Waals surface area contributed by atoms with Gasteiger partial charge in [0.1, 0.15) is 24.4 Å². The number of amides is 1. The number of hydrogen-bond acceptors (Lipinski definition) is 8. The van der Waals surface area contributed by atoms with Crippen LogP contribution in [0.4, 0.5) is 0 Å². The maximum atomic E-state index is 12.9. The Bertz CT molecular complexity index is 910. The molecule has 0 bridgehead atoms. The molecular formula is C25H31NO8. The number of methoxy groups -OCH3 is 3. The molecule has 34 heavy (non-hydrogen) atoms. The second-order valence-corrected chi connectivity index (χ2v) is 7.86. The second-order valence-electron chi connectivity index (χ2n) is 7.86. The minimum Gasteiger partial charge on any atom is -0.453 e.